The molecule has 0 bridgehead atoms. The van der Waals surface area contributed by atoms with E-state index in [1.54, 1.807) is 12.0 Å². The van der Waals surface area contributed by atoms with E-state index in [1.165, 1.54) is 6.92 Å². The molecular formula is C39H47N3O6. The number of rotatable bonds is 12. The molecule has 1 aliphatic carbocycles. The summed E-state index contributed by atoms with van der Waals surface area (Å²) in [5, 5.41) is 2.78. The lowest BCUT2D eigenvalue weighted by Gasteiger charge is -2.34. The monoisotopic (exact) mass is 653 g/mol. The molecule has 1 fully saturated rings. The van der Waals surface area contributed by atoms with Gasteiger partial charge >= 0.3 is 6.09 Å². The first-order valence-electron chi connectivity index (χ1n) is 16.7. The van der Waals surface area contributed by atoms with Crippen LogP contribution in [0.25, 0.3) is 16.7 Å². The quantitative estimate of drug-likeness (QED) is 0.215. The molecule has 1 heterocycles. The Kier molecular flexibility index (Phi) is 11.1. The fraction of sp³-hybridized carbons (Fsp3) is 0.410. The van der Waals surface area contributed by atoms with Crippen LogP contribution < -0.4 is 14.8 Å². The second-order valence-electron chi connectivity index (χ2n) is 13.4. The van der Waals surface area contributed by atoms with Gasteiger partial charge in [0, 0.05) is 44.2 Å². The van der Waals surface area contributed by atoms with Crippen molar-refractivity contribution in [2.45, 2.75) is 71.6 Å². The fourth-order valence-corrected chi connectivity index (χ4v) is 5.85. The average molecular weight is 654 g/mol. The van der Waals surface area contributed by atoms with Gasteiger partial charge in [-0.25, -0.2) is 4.79 Å². The molecule has 0 saturated heterocycles. The summed E-state index contributed by atoms with van der Waals surface area (Å²) in [4.78, 5) is 42.7. The van der Waals surface area contributed by atoms with Crippen molar-refractivity contribution in [3.05, 3.63) is 89.5 Å². The Bertz CT molecular complexity index is 1640. The molecule has 0 spiro atoms. The average Bonchev–Trinajstić information content (AvgIpc) is 3.91. The van der Waals surface area contributed by atoms with E-state index in [4.69, 9.17) is 14.2 Å². The molecule has 254 valence electrons. The number of nitrogens with one attached hydrogen (secondary N) is 1. The number of amides is 3. The van der Waals surface area contributed by atoms with E-state index < -0.39 is 11.7 Å². The minimum Gasteiger partial charge on any atom is -0.497 e. The van der Waals surface area contributed by atoms with Gasteiger partial charge in [-0.3, -0.25) is 9.59 Å². The van der Waals surface area contributed by atoms with Crippen molar-refractivity contribution in [3.63, 3.8) is 0 Å². The van der Waals surface area contributed by atoms with Gasteiger partial charge in [0.25, 0.3) is 5.91 Å². The lowest BCUT2D eigenvalue weighted by molar-refractivity contribution is -0.128. The van der Waals surface area contributed by atoms with E-state index in [2.05, 4.69) is 35.6 Å². The van der Waals surface area contributed by atoms with Gasteiger partial charge in [0.15, 0.2) is 0 Å². The molecule has 9 heteroatoms. The van der Waals surface area contributed by atoms with Gasteiger partial charge in [0.1, 0.15) is 17.1 Å². The smallest absolute Gasteiger partial charge is 0.410 e. The lowest BCUT2D eigenvalue weighted by Crippen LogP contribution is -2.44. The summed E-state index contributed by atoms with van der Waals surface area (Å²) >= 11 is 0. The molecule has 9 nitrogen and oxygen atoms in total. The van der Waals surface area contributed by atoms with Crippen LogP contribution in [-0.2, 0) is 20.9 Å². The highest BCUT2D eigenvalue weighted by molar-refractivity contribution is 6.03. The topological polar surface area (TPSA) is 97.4 Å². The van der Waals surface area contributed by atoms with Gasteiger partial charge in [0.05, 0.1) is 20.3 Å². The predicted molar refractivity (Wildman–Crippen MR) is 187 cm³/mol. The molecule has 0 atom stereocenters. The van der Waals surface area contributed by atoms with Crippen LogP contribution in [0.1, 0.15) is 64.5 Å². The molecule has 1 saturated carbocycles. The summed E-state index contributed by atoms with van der Waals surface area (Å²) in [5.74, 6) is 1.13. The third kappa shape index (κ3) is 9.40. The Balaban J connectivity index is 1.45. The number of methoxy groups -OCH3 is 1. The van der Waals surface area contributed by atoms with Crippen LogP contribution in [0.3, 0.4) is 0 Å². The molecular weight excluding hydrogens is 606 g/mol. The van der Waals surface area contributed by atoms with Crippen molar-refractivity contribution >= 4 is 23.5 Å². The molecule has 2 aliphatic rings. The number of hydrogen-bond acceptors (Lipinski definition) is 6. The van der Waals surface area contributed by atoms with Gasteiger partial charge in [-0.15, -0.1) is 0 Å². The standard InChI is InChI=1S/C39H47N3O6/c1-27(43)40-18-10-20-47-34-22-28(21-33(24-34)46-5)25-42(32-15-16-32)37(44)36-26-41(38(45)48-39(2,3)4)19-17-35(36)31-14-9-13-30(23-31)29-11-7-6-8-12-29/h6-9,11-14,21-24,32H,10,15-20,25-26H2,1-5H3,(H,40,43). The SMILES string of the molecule is COc1cc(CN(C(=O)C2=C(c3cccc(-c4ccccc4)c3)CCN(C(=O)OC(C)(C)C)C2)C2CC2)cc(OCCCNC(C)=O)c1. The molecule has 3 aromatic carbocycles. The number of carbonyl (C=O) groups excluding carboxylic acids is 3. The number of hydrogen-bond donors (Lipinski definition) is 1. The third-order valence-corrected chi connectivity index (χ3v) is 8.31. The summed E-state index contributed by atoms with van der Waals surface area (Å²) in [6.45, 7) is 8.99. The molecule has 0 aromatic heterocycles. The first-order chi connectivity index (χ1) is 23.0. The zero-order valence-corrected chi connectivity index (χ0v) is 28.7. The predicted octanol–water partition coefficient (Wildman–Crippen LogP) is 6.85. The minimum absolute atomic E-state index is 0.0714. The zero-order chi connectivity index (χ0) is 34.3. The molecule has 3 aromatic rings. The second kappa shape index (κ2) is 15.4. The number of nitrogens with zero attached hydrogens (tertiary/aromatic N) is 2. The summed E-state index contributed by atoms with van der Waals surface area (Å²) in [6.07, 6.45) is 2.62. The maximum absolute atomic E-state index is 14.7. The highest BCUT2D eigenvalue weighted by Crippen LogP contribution is 2.36. The van der Waals surface area contributed by atoms with Crippen molar-refractivity contribution in [3.8, 4) is 22.6 Å². The maximum atomic E-state index is 14.7. The maximum Gasteiger partial charge on any atom is 0.410 e. The number of ether oxygens (including phenoxy) is 3. The fourth-order valence-electron chi connectivity index (χ4n) is 5.85. The van der Waals surface area contributed by atoms with Gasteiger partial charge < -0.3 is 29.3 Å². The number of benzene rings is 3. The van der Waals surface area contributed by atoms with Crippen LogP contribution in [0.2, 0.25) is 0 Å². The molecule has 1 N–H and O–H groups in total. The van der Waals surface area contributed by atoms with Crippen molar-refractivity contribution in [1.29, 1.82) is 0 Å². The lowest BCUT2D eigenvalue weighted by atomic mass is 9.90. The van der Waals surface area contributed by atoms with Gasteiger partial charge in [-0.1, -0.05) is 48.5 Å². The van der Waals surface area contributed by atoms with Crippen LogP contribution >= 0.6 is 0 Å². The van der Waals surface area contributed by atoms with Gasteiger partial charge in [0.2, 0.25) is 5.91 Å². The Hall–Kier alpha value is -4.79. The normalized spacial score (nSPS) is 14.7. The molecule has 1 aliphatic heterocycles. The van der Waals surface area contributed by atoms with Crippen LogP contribution in [-0.4, -0.2) is 72.7 Å². The van der Waals surface area contributed by atoms with Crippen LogP contribution in [0.4, 0.5) is 4.79 Å². The highest BCUT2D eigenvalue weighted by Gasteiger charge is 2.38. The van der Waals surface area contributed by atoms with E-state index in [9.17, 15) is 14.4 Å². The zero-order valence-electron chi connectivity index (χ0n) is 28.7. The third-order valence-electron chi connectivity index (χ3n) is 8.31. The molecule has 5 rings (SSSR count). The molecule has 0 unspecified atom stereocenters. The van der Waals surface area contributed by atoms with Gasteiger partial charge in [-0.05, 0) is 92.5 Å². The number of carbonyl (C=O) groups is 3. The summed E-state index contributed by atoms with van der Waals surface area (Å²) in [6, 6.07) is 24.3. The van der Waals surface area contributed by atoms with Gasteiger partial charge in [-0.2, -0.15) is 0 Å². The van der Waals surface area contributed by atoms with Crippen molar-refractivity contribution < 1.29 is 28.6 Å². The first-order valence-corrected chi connectivity index (χ1v) is 16.7. The van der Waals surface area contributed by atoms with Crippen LogP contribution in [0.15, 0.2) is 78.4 Å². The molecule has 3 amide bonds. The second-order valence-corrected chi connectivity index (χ2v) is 13.4. The molecule has 0 radical (unpaired) electrons. The first kappa shape index (κ1) is 34.5. The largest absolute Gasteiger partial charge is 0.497 e. The Morgan fingerprint density at radius 1 is 0.917 bits per heavy atom. The summed E-state index contributed by atoms with van der Waals surface area (Å²) in [7, 11) is 1.61. The van der Waals surface area contributed by atoms with Crippen molar-refractivity contribution in [2.75, 3.05) is 33.4 Å². The van der Waals surface area contributed by atoms with Crippen molar-refractivity contribution in [1.82, 2.24) is 15.1 Å². The minimum atomic E-state index is -0.647. The van der Waals surface area contributed by atoms with Crippen LogP contribution in [0.5, 0.6) is 11.5 Å². The Morgan fingerprint density at radius 2 is 1.62 bits per heavy atom. The summed E-state index contributed by atoms with van der Waals surface area (Å²) < 4.78 is 17.3. The van der Waals surface area contributed by atoms with E-state index in [-0.39, 0.29) is 24.4 Å². The Morgan fingerprint density at radius 3 is 2.31 bits per heavy atom. The van der Waals surface area contributed by atoms with E-state index >= 15 is 0 Å². The Labute approximate surface area is 283 Å². The van der Waals surface area contributed by atoms with E-state index in [0.29, 0.717) is 56.2 Å². The van der Waals surface area contributed by atoms with Crippen molar-refractivity contribution in [2.24, 2.45) is 0 Å². The summed E-state index contributed by atoms with van der Waals surface area (Å²) in [5.41, 5.74) is 4.96. The van der Waals surface area contributed by atoms with E-state index in [1.807, 2.05) is 68.1 Å². The van der Waals surface area contributed by atoms with E-state index in [0.717, 1.165) is 40.7 Å². The van der Waals surface area contributed by atoms with Crippen LogP contribution in [0, 0.1) is 0 Å². The molecule has 48 heavy (non-hydrogen) atoms. The highest BCUT2D eigenvalue weighted by atomic mass is 16.6.